The van der Waals surface area contributed by atoms with Crippen LogP contribution in [0.4, 0.5) is 17.1 Å². The molecular formula is C88H50N12. The zero-order chi connectivity index (χ0) is 67.2. The van der Waals surface area contributed by atoms with Crippen molar-refractivity contribution < 1.29 is 0 Å². The van der Waals surface area contributed by atoms with Gasteiger partial charge in [0.2, 0.25) is 0 Å². The first kappa shape index (κ1) is 59.2. The molecule has 0 aliphatic carbocycles. The molecule has 100 heavy (non-hydrogen) atoms. The molecule has 13 aromatic carbocycles. The van der Waals surface area contributed by atoms with Gasteiger partial charge in [-0.3, -0.25) is 0 Å². The number of hydrogen-bond acceptors (Lipinski definition) is 7. The molecule has 0 saturated carbocycles. The number of aromatic nitrogens is 8. The minimum Gasteiger partial charge on any atom is -0.309 e. The smallest absolute Gasteiger partial charge is 0.189 e. The van der Waals surface area contributed by atoms with Gasteiger partial charge in [-0.25, -0.2) is 44.4 Å². The van der Waals surface area contributed by atoms with Gasteiger partial charge < -0.3 is 9.13 Å². The first-order chi connectivity index (χ1) is 49.3. The summed E-state index contributed by atoms with van der Waals surface area (Å²) in [6, 6.07) is 104. The monoisotopic (exact) mass is 1270 g/mol. The summed E-state index contributed by atoms with van der Waals surface area (Å²) in [5.74, 6) is 3.06. The van der Waals surface area contributed by atoms with Gasteiger partial charge in [0.05, 0.1) is 47.9 Å². The van der Waals surface area contributed by atoms with Gasteiger partial charge in [0.15, 0.2) is 52.0 Å². The van der Waals surface area contributed by atoms with Crippen LogP contribution in [0.5, 0.6) is 0 Å². The van der Waals surface area contributed by atoms with Crippen molar-refractivity contribution in [2.75, 3.05) is 0 Å². The Labute approximate surface area is 575 Å². The fraction of sp³-hybridized carbons (Fsp3) is 0. The molecule has 0 fully saturated rings. The van der Waals surface area contributed by atoms with Crippen molar-refractivity contribution in [2.24, 2.45) is 0 Å². The van der Waals surface area contributed by atoms with E-state index >= 15 is 0 Å². The Balaban J connectivity index is 0.885. The van der Waals surface area contributed by atoms with Crippen molar-refractivity contribution >= 4 is 60.7 Å². The van der Waals surface area contributed by atoms with Crippen LogP contribution in [0.3, 0.4) is 0 Å². The summed E-state index contributed by atoms with van der Waals surface area (Å²) in [6.07, 6.45) is 0. The lowest BCUT2D eigenvalue weighted by Gasteiger charge is -2.17. The van der Waals surface area contributed by atoms with Crippen molar-refractivity contribution in [1.82, 2.24) is 39.0 Å². The Morgan fingerprint density at radius 2 is 0.600 bits per heavy atom. The van der Waals surface area contributed by atoms with E-state index < -0.39 is 0 Å². The SMILES string of the molecule is [C-]#[N+]c1cc(C#N)cc(-c2ccc3c(c2)c2ccccc2n3-c2ccc(-c3cccc(-c4ccc(-n5c6ccccc6c6cc(-c7cc([N+]#[C-])cc([N+]#[C-])c7)ccc65)cc4-c4nc(-c5ccccc5)nc(-c5ccccc5)n4)c3)c(-c3nc(-c4ccccc4)nc(-c4ccccc4)n3)c2)c1. The molecule has 0 atom stereocenters. The van der Waals surface area contributed by atoms with Crippen LogP contribution < -0.4 is 0 Å². The van der Waals surface area contributed by atoms with Crippen molar-refractivity contribution in [1.29, 1.82) is 5.26 Å². The van der Waals surface area contributed by atoms with Crippen molar-refractivity contribution in [2.45, 2.75) is 0 Å². The van der Waals surface area contributed by atoms with Crippen LogP contribution >= 0.6 is 0 Å². The number of fused-ring (bicyclic) bond motifs is 6. The molecule has 0 bridgehead atoms. The molecule has 17 aromatic rings. The number of rotatable bonds is 12. The quantitative estimate of drug-likeness (QED) is 0.112. The molecule has 4 heterocycles. The van der Waals surface area contributed by atoms with Gasteiger partial charge in [0.1, 0.15) is 0 Å². The molecular weight excluding hydrogens is 1230 g/mol. The summed E-state index contributed by atoms with van der Waals surface area (Å²) in [5, 5.41) is 14.1. The third kappa shape index (κ3) is 10.8. The lowest BCUT2D eigenvalue weighted by molar-refractivity contribution is 1.07. The van der Waals surface area contributed by atoms with Gasteiger partial charge in [-0.2, -0.15) is 5.26 Å². The van der Waals surface area contributed by atoms with Gasteiger partial charge in [0.25, 0.3) is 0 Å². The standard InChI is InChI=1S/C88H50N12/c1-90-66-44-55(54-89)43-64(46-66)60-35-41-81-75(49-60)73-31-16-18-33-79(73)99(81)69-37-39-71(77(52-69)87-95-83(56-21-8-4-9-22-56)93-84(96-87)57-23-10-5-11-24-57)62-29-20-30-63(45-62)72-40-38-70(53-78(72)88-97-85(58-25-12-6-13-26-58)94-86(98-88)59-27-14-7-15-28-59)100-80-34-19-17-32-74(80)76-50-61(36-42-82(76)100)65-47-67(91-2)51-68(48-65)92-3/h4-53H. The van der Waals surface area contributed by atoms with Crippen LogP contribution in [-0.2, 0) is 0 Å². The Bertz CT molecular complexity index is 5770. The maximum atomic E-state index is 9.97. The Morgan fingerprint density at radius 1 is 0.250 bits per heavy atom. The second kappa shape index (κ2) is 25.0. The topological polar surface area (TPSA) is 124 Å². The van der Waals surface area contributed by atoms with E-state index in [2.05, 4.69) is 169 Å². The van der Waals surface area contributed by atoms with E-state index in [1.807, 2.05) is 152 Å². The van der Waals surface area contributed by atoms with E-state index in [4.69, 9.17) is 49.6 Å². The predicted molar refractivity (Wildman–Crippen MR) is 400 cm³/mol. The number of nitrogens with zero attached hydrogens (tertiary/aromatic N) is 12. The average molecular weight is 1280 g/mol. The molecule has 0 N–H and O–H groups in total. The number of para-hydroxylation sites is 2. The molecule has 0 unspecified atom stereocenters. The molecule has 17 rings (SSSR count). The van der Waals surface area contributed by atoms with E-state index in [1.54, 1.807) is 12.1 Å². The molecule has 0 aliphatic rings. The van der Waals surface area contributed by atoms with E-state index in [0.29, 0.717) is 57.6 Å². The fourth-order valence-corrected chi connectivity index (χ4v) is 13.6. The van der Waals surface area contributed by atoms with E-state index in [9.17, 15) is 5.26 Å². The maximum Gasteiger partial charge on any atom is 0.189 e. The lowest BCUT2D eigenvalue weighted by atomic mass is 9.92. The minimum absolute atomic E-state index is 0.405. The van der Waals surface area contributed by atoms with E-state index in [0.717, 1.165) is 133 Å². The maximum absolute atomic E-state index is 9.97. The molecule has 12 nitrogen and oxygen atoms in total. The average Bonchev–Trinajstić information content (AvgIpc) is 1.55. The highest BCUT2D eigenvalue weighted by molar-refractivity contribution is 6.12. The molecule has 0 radical (unpaired) electrons. The summed E-state index contributed by atoms with van der Waals surface area (Å²) in [6.45, 7) is 23.5. The number of benzene rings is 13. The molecule has 0 saturated heterocycles. The zero-order valence-corrected chi connectivity index (χ0v) is 53.2. The molecule has 0 aliphatic heterocycles. The van der Waals surface area contributed by atoms with Crippen LogP contribution in [0.15, 0.2) is 303 Å². The van der Waals surface area contributed by atoms with Crippen molar-refractivity contribution in [3.05, 3.63) is 343 Å². The van der Waals surface area contributed by atoms with Gasteiger partial charge in [-0.1, -0.05) is 218 Å². The normalized spacial score (nSPS) is 11.2. The highest BCUT2D eigenvalue weighted by Crippen LogP contribution is 2.44. The van der Waals surface area contributed by atoms with Crippen LogP contribution in [0.2, 0.25) is 0 Å². The minimum atomic E-state index is 0.405. The summed E-state index contributed by atoms with van der Waals surface area (Å²) in [7, 11) is 0. The lowest BCUT2D eigenvalue weighted by Crippen LogP contribution is -2.03. The van der Waals surface area contributed by atoms with Gasteiger partial charge in [-0.05, 0) is 129 Å². The fourth-order valence-electron chi connectivity index (χ4n) is 13.6. The third-order valence-electron chi connectivity index (χ3n) is 18.2. The zero-order valence-electron chi connectivity index (χ0n) is 53.2. The second-order valence-electron chi connectivity index (χ2n) is 24.2. The summed E-state index contributed by atoms with van der Waals surface area (Å²) >= 11 is 0. The van der Waals surface area contributed by atoms with E-state index in [1.165, 1.54) is 0 Å². The van der Waals surface area contributed by atoms with Crippen molar-refractivity contribution in [3.8, 4) is 130 Å². The van der Waals surface area contributed by atoms with Gasteiger partial charge in [-0.15, -0.1) is 0 Å². The van der Waals surface area contributed by atoms with Crippen LogP contribution in [-0.4, -0.2) is 39.0 Å². The predicted octanol–water partition coefficient (Wildman–Crippen LogP) is 22.4. The summed E-state index contributed by atoms with van der Waals surface area (Å²) in [5.41, 5.74) is 19.1. The molecule has 4 aromatic heterocycles. The largest absolute Gasteiger partial charge is 0.309 e. The molecule has 0 amide bonds. The Hall–Kier alpha value is -14.6. The number of nitriles is 1. The van der Waals surface area contributed by atoms with Gasteiger partial charge >= 0.3 is 0 Å². The molecule has 0 spiro atoms. The van der Waals surface area contributed by atoms with E-state index in [-0.39, 0.29) is 0 Å². The van der Waals surface area contributed by atoms with Crippen LogP contribution in [0, 0.1) is 31.0 Å². The first-order valence-corrected chi connectivity index (χ1v) is 32.4. The summed E-state index contributed by atoms with van der Waals surface area (Å²) < 4.78 is 4.56. The molecule has 12 heteroatoms. The van der Waals surface area contributed by atoms with Crippen molar-refractivity contribution in [3.63, 3.8) is 0 Å². The Morgan fingerprint density at radius 3 is 1.00 bits per heavy atom. The Kier molecular flexibility index (Phi) is 14.8. The summed E-state index contributed by atoms with van der Waals surface area (Å²) in [4.78, 5) is 43.0. The van der Waals surface area contributed by atoms with Crippen LogP contribution in [0.25, 0.3) is 182 Å². The number of hydrogen-bond donors (Lipinski definition) is 0. The highest BCUT2D eigenvalue weighted by atomic mass is 15.1. The van der Waals surface area contributed by atoms with Crippen LogP contribution in [0.1, 0.15) is 5.56 Å². The highest BCUT2D eigenvalue weighted by Gasteiger charge is 2.24. The first-order valence-electron chi connectivity index (χ1n) is 32.4. The third-order valence-corrected chi connectivity index (χ3v) is 18.2. The van der Waals surface area contributed by atoms with Gasteiger partial charge in [0, 0.05) is 71.9 Å². The second-order valence-corrected chi connectivity index (χ2v) is 24.2. The molecule has 462 valence electrons.